The molecule has 0 bridgehead atoms. The Morgan fingerprint density at radius 3 is 2.54 bits per heavy atom. The van der Waals surface area contributed by atoms with Crippen LogP contribution in [-0.2, 0) is 0 Å². The summed E-state index contributed by atoms with van der Waals surface area (Å²) in [4.78, 5) is 0. The molecule has 1 atom stereocenters. The van der Waals surface area contributed by atoms with Crippen LogP contribution in [0.4, 0.5) is 0 Å². The average molecular weight is 175 g/mol. The van der Waals surface area contributed by atoms with Gasteiger partial charge in [-0.1, -0.05) is 24.3 Å². The molecule has 1 aliphatic carbocycles. The van der Waals surface area contributed by atoms with Crippen LogP contribution in [0, 0.1) is 12.8 Å². The third-order valence-corrected chi connectivity index (χ3v) is 2.93. The summed E-state index contributed by atoms with van der Waals surface area (Å²) in [5, 5.41) is 3.42. The predicted octanol–water partition coefficient (Wildman–Crippen LogP) is 2.67. The van der Waals surface area contributed by atoms with E-state index in [4.69, 9.17) is 0 Å². The first-order chi connectivity index (χ1) is 6.33. The average Bonchev–Trinajstić information content (AvgIpc) is 2.93. The summed E-state index contributed by atoms with van der Waals surface area (Å²) in [5.41, 5.74) is 2.89. The second-order valence-corrected chi connectivity index (χ2v) is 3.96. The van der Waals surface area contributed by atoms with Gasteiger partial charge in [-0.3, -0.25) is 0 Å². The first-order valence-electron chi connectivity index (χ1n) is 5.05. The van der Waals surface area contributed by atoms with Crippen molar-refractivity contribution in [3.63, 3.8) is 0 Å². The minimum Gasteiger partial charge on any atom is -0.313 e. The molecule has 0 aliphatic heterocycles. The Morgan fingerprint density at radius 1 is 1.31 bits per heavy atom. The molecule has 0 amide bonds. The Labute approximate surface area is 80.2 Å². The second kappa shape index (κ2) is 3.51. The van der Waals surface area contributed by atoms with Crippen molar-refractivity contribution in [1.82, 2.24) is 5.32 Å². The van der Waals surface area contributed by atoms with E-state index in [9.17, 15) is 0 Å². The second-order valence-electron chi connectivity index (χ2n) is 3.96. The van der Waals surface area contributed by atoms with Crippen LogP contribution in [0.25, 0.3) is 0 Å². The highest BCUT2D eigenvalue weighted by Gasteiger charge is 2.31. The van der Waals surface area contributed by atoms with Crippen LogP contribution >= 0.6 is 0 Å². The van der Waals surface area contributed by atoms with Crippen LogP contribution in [0.1, 0.15) is 30.0 Å². The maximum atomic E-state index is 3.42. The van der Waals surface area contributed by atoms with Crippen LogP contribution in [0.5, 0.6) is 0 Å². The standard InChI is InChI=1S/C12H17N/c1-9-5-3-4-6-11(9)12(13-2)10-7-8-10/h3-6,10,12-13H,7-8H2,1-2H3. The first-order valence-corrected chi connectivity index (χ1v) is 5.05. The number of hydrogen-bond donors (Lipinski definition) is 1. The van der Waals surface area contributed by atoms with Crippen LogP contribution in [0.15, 0.2) is 24.3 Å². The van der Waals surface area contributed by atoms with Crippen molar-refractivity contribution in [2.24, 2.45) is 5.92 Å². The summed E-state index contributed by atoms with van der Waals surface area (Å²) in [6.45, 7) is 2.20. The van der Waals surface area contributed by atoms with E-state index in [2.05, 4.69) is 43.6 Å². The molecule has 1 unspecified atom stereocenters. The van der Waals surface area contributed by atoms with E-state index in [0.29, 0.717) is 6.04 Å². The van der Waals surface area contributed by atoms with Gasteiger partial charge in [-0.25, -0.2) is 0 Å². The van der Waals surface area contributed by atoms with Gasteiger partial charge in [0.05, 0.1) is 0 Å². The molecule has 1 aromatic carbocycles. The molecule has 13 heavy (non-hydrogen) atoms. The number of aryl methyl sites for hydroxylation is 1. The van der Waals surface area contributed by atoms with Gasteiger partial charge in [0.1, 0.15) is 0 Å². The number of benzene rings is 1. The molecule has 1 nitrogen and oxygen atoms in total. The van der Waals surface area contributed by atoms with Gasteiger partial charge in [-0.2, -0.15) is 0 Å². The smallest absolute Gasteiger partial charge is 0.0348 e. The van der Waals surface area contributed by atoms with Gasteiger partial charge < -0.3 is 5.32 Å². The van der Waals surface area contributed by atoms with E-state index in [-0.39, 0.29) is 0 Å². The lowest BCUT2D eigenvalue weighted by Crippen LogP contribution is -2.19. The number of rotatable bonds is 3. The van der Waals surface area contributed by atoms with Crippen molar-refractivity contribution in [2.45, 2.75) is 25.8 Å². The molecule has 0 spiro atoms. The Balaban J connectivity index is 2.26. The Morgan fingerprint density at radius 2 is 2.00 bits per heavy atom. The SMILES string of the molecule is CNC(c1ccccc1C)C1CC1. The van der Waals surface area contributed by atoms with Crippen LogP contribution < -0.4 is 5.32 Å². The molecule has 1 aliphatic rings. The maximum absolute atomic E-state index is 3.42. The fourth-order valence-corrected chi connectivity index (χ4v) is 2.01. The van der Waals surface area contributed by atoms with Crippen molar-refractivity contribution >= 4 is 0 Å². The van der Waals surface area contributed by atoms with Crippen LogP contribution in [-0.4, -0.2) is 7.05 Å². The predicted molar refractivity (Wildman–Crippen MR) is 55.7 cm³/mol. The summed E-state index contributed by atoms with van der Waals surface area (Å²) in [5.74, 6) is 0.881. The first kappa shape index (κ1) is 8.76. The molecular formula is C12H17N. The molecule has 1 aromatic rings. The summed E-state index contributed by atoms with van der Waals surface area (Å²) >= 11 is 0. The molecule has 0 aromatic heterocycles. The van der Waals surface area contributed by atoms with Gasteiger partial charge in [0.15, 0.2) is 0 Å². The monoisotopic (exact) mass is 175 g/mol. The third-order valence-electron chi connectivity index (χ3n) is 2.93. The van der Waals surface area contributed by atoms with Gasteiger partial charge in [-0.15, -0.1) is 0 Å². The normalized spacial score (nSPS) is 18.6. The number of hydrogen-bond acceptors (Lipinski definition) is 1. The van der Waals surface area contributed by atoms with Crippen LogP contribution in [0.2, 0.25) is 0 Å². The number of nitrogens with one attached hydrogen (secondary N) is 1. The molecule has 1 saturated carbocycles. The third kappa shape index (κ3) is 1.75. The quantitative estimate of drug-likeness (QED) is 0.744. The molecule has 0 radical (unpaired) electrons. The van der Waals surface area contributed by atoms with Crippen molar-refractivity contribution < 1.29 is 0 Å². The zero-order chi connectivity index (χ0) is 9.26. The van der Waals surface area contributed by atoms with E-state index in [1.54, 1.807) is 0 Å². The van der Waals surface area contributed by atoms with Gasteiger partial charge in [0.25, 0.3) is 0 Å². The molecular weight excluding hydrogens is 158 g/mol. The molecule has 0 heterocycles. The van der Waals surface area contributed by atoms with Crippen molar-refractivity contribution in [3.05, 3.63) is 35.4 Å². The summed E-state index contributed by atoms with van der Waals surface area (Å²) < 4.78 is 0. The minimum atomic E-state index is 0.584. The lowest BCUT2D eigenvalue weighted by Gasteiger charge is -2.17. The maximum Gasteiger partial charge on any atom is 0.0348 e. The molecule has 1 N–H and O–H groups in total. The topological polar surface area (TPSA) is 12.0 Å². The largest absolute Gasteiger partial charge is 0.313 e. The molecule has 70 valence electrons. The zero-order valence-electron chi connectivity index (χ0n) is 8.38. The van der Waals surface area contributed by atoms with Gasteiger partial charge in [-0.05, 0) is 43.9 Å². The minimum absolute atomic E-state index is 0.584. The lowest BCUT2D eigenvalue weighted by atomic mass is 9.98. The molecule has 0 saturated heterocycles. The van der Waals surface area contributed by atoms with Gasteiger partial charge >= 0.3 is 0 Å². The Hall–Kier alpha value is -0.820. The van der Waals surface area contributed by atoms with E-state index in [1.807, 2.05) is 0 Å². The summed E-state index contributed by atoms with van der Waals surface area (Å²) in [6.07, 6.45) is 2.78. The molecule has 1 fully saturated rings. The van der Waals surface area contributed by atoms with Crippen LogP contribution in [0.3, 0.4) is 0 Å². The van der Waals surface area contributed by atoms with Crippen molar-refractivity contribution in [1.29, 1.82) is 0 Å². The Kier molecular flexibility index (Phi) is 2.36. The van der Waals surface area contributed by atoms with Crippen molar-refractivity contribution in [2.75, 3.05) is 7.05 Å². The highest BCUT2D eigenvalue weighted by atomic mass is 14.9. The van der Waals surface area contributed by atoms with E-state index >= 15 is 0 Å². The molecule has 1 heteroatoms. The summed E-state index contributed by atoms with van der Waals surface area (Å²) in [7, 11) is 2.06. The van der Waals surface area contributed by atoms with E-state index in [1.165, 1.54) is 24.0 Å². The van der Waals surface area contributed by atoms with E-state index in [0.717, 1.165) is 5.92 Å². The van der Waals surface area contributed by atoms with E-state index < -0.39 is 0 Å². The van der Waals surface area contributed by atoms with Gasteiger partial charge in [0.2, 0.25) is 0 Å². The summed E-state index contributed by atoms with van der Waals surface area (Å²) in [6, 6.07) is 9.27. The van der Waals surface area contributed by atoms with Crippen molar-refractivity contribution in [3.8, 4) is 0 Å². The molecule has 2 rings (SSSR count). The highest BCUT2D eigenvalue weighted by Crippen LogP contribution is 2.41. The fraction of sp³-hybridized carbons (Fsp3) is 0.500. The lowest BCUT2D eigenvalue weighted by molar-refractivity contribution is 0.526. The Bertz CT molecular complexity index is 289. The van der Waals surface area contributed by atoms with Gasteiger partial charge in [0, 0.05) is 6.04 Å². The highest BCUT2D eigenvalue weighted by molar-refractivity contribution is 5.29. The zero-order valence-corrected chi connectivity index (χ0v) is 8.38. The fourth-order valence-electron chi connectivity index (χ4n) is 2.01.